The van der Waals surface area contributed by atoms with Crippen LogP contribution in [-0.2, 0) is 4.79 Å². The molecule has 5 heteroatoms. The van der Waals surface area contributed by atoms with Crippen molar-refractivity contribution in [3.8, 4) is 0 Å². The van der Waals surface area contributed by atoms with Crippen molar-refractivity contribution in [2.75, 3.05) is 13.1 Å². The largest absolute Gasteiger partial charge is 0.478 e. The van der Waals surface area contributed by atoms with E-state index in [1.54, 1.807) is 23.1 Å². The Morgan fingerprint density at radius 2 is 1.95 bits per heavy atom. The molecule has 2 N–H and O–H groups in total. The van der Waals surface area contributed by atoms with E-state index in [1.165, 1.54) is 6.08 Å². The molecule has 0 radical (unpaired) electrons. The summed E-state index contributed by atoms with van der Waals surface area (Å²) in [5.74, 6) is -1.08. The Hall–Kier alpha value is -2.14. The minimum atomic E-state index is -1.02. The van der Waals surface area contributed by atoms with E-state index in [0.717, 1.165) is 17.2 Å². The molecule has 2 rings (SSSR count). The van der Waals surface area contributed by atoms with Gasteiger partial charge in [-0.05, 0) is 43.0 Å². The van der Waals surface area contributed by atoms with Crippen LogP contribution in [0.15, 0.2) is 24.3 Å². The highest BCUT2D eigenvalue weighted by atomic mass is 16.4. The third-order valence-electron chi connectivity index (χ3n) is 3.76. The Morgan fingerprint density at radius 1 is 1.29 bits per heavy atom. The summed E-state index contributed by atoms with van der Waals surface area (Å²) in [6.07, 6.45) is 3.44. The molecule has 5 nitrogen and oxygen atoms in total. The molecule has 1 fully saturated rings. The van der Waals surface area contributed by atoms with Crippen molar-refractivity contribution in [1.29, 1.82) is 0 Å². The molecule has 1 aromatic carbocycles. The van der Waals surface area contributed by atoms with Crippen LogP contribution >= 0.6 is 0 Å². The van der Waals surface area contributed by atoms with Crippen LogP contribution in [0.4, 0.5) is 0 Å². The number of amides is 1. The third-order valence-corrected chi connectivity index (χ3v) is 3.76. The van der Waals surface area contributed by atoms with Gasteiger partial charge in [0.2, 0.25) is 0 Å². The second kappa shape index (κ2) is 6.54. The Labute approximate surface area is 123 Å². The topological polar surface area (TPSA) is 77.8 Å². The molecular weight excluding hydrogens is 270 g/mol. The number of benzene rings is 1. The highest BCUT2D eigenvalue weighted by Crippen LogP contribution is 2.19. The lowest BCUT2D eigenvalue weighted by atomic mass is 9.99. The van der Waals surface area contributed by atoms with Crippen LogP contribution in [0.5, 0.6) is 0 Å². The number of hydrogen-bond donors (Lipinski definition) is 2. The van der Waals surface area contributed by atoms with Gasteiger partial charge in [0.05, 0.1) is 6.10 Å². The van der Waals surface area contributed by atoms with Crippen molar-refractivity contribution < 1.29 is 19.8 Å². The highest BCUT2D eigenvalue weighted by molar-refractivity contribution is 5.97. The van der Waals surface area contributed by atoms with Crippen LogP contribution in [-0.4, -0.2) is 46.2 Å². The summed E-state index contributed by atoms with van der Waals surface area (Å²) in [7, 11) is 0. The van der Waals surface area contributed by atoms with Crippen LogP contribution in [0.1, 0.15) is 34.3 Å². The maximum absolute atomic E-state index is 12.5. The molecule has 1 heterocycles. The normalized spacial score (nSPS) is 16.4. The fourth-order valence-corrected chi connectivity index (χ4v) is 2.47. The van der Waals surface area contributed by atoms with Crippen LogP contribution in [0.25, 0.3) is 6.08 Å². The molecule has 21 heavy (non-hydrogen) atoms. The van der Waals surface area contributed by atoms with Gasteiger partial charge in [-0.25, -0.2) is 4.79 Å². The molecule has 1 aromatic rings. The smallest absolute Gasteiger partial charge is 0.328 e. The predicted octanol–water partition coefficient (Wildman–Crippen LogP) is 1.69. The molecular formula is C16H19NO4. The molecule has 0 spiro atoms. The predicted molar refractivity (Wildman–Crippen MR) is 79.0 cm³/mol. The van der Waals surface area contributed by atoms with Crippen molar-refractivity contribution in [3.05, 3.63) is 41.0 Å². The van der Waals surface area contributed by atoms with Crippen molar-refractivity contribution in [1.82, 2.24) is 4.90 Å². The van der Waals surface area contributed by atoms with E-state index in [-0.39, 0.29) is 12.0 Å². The van der Waals surface area contributed by atoms with Gasteiger partial charge in [0.25, 0.3) is 5.91 Å². The van der Waals surface area contributed by atoms with Gasteiger partial charge in [0.1, 0.15) is 0 Å². The van der Waals surface area contributed by atoms with Crippen molar-refractivity contribution >= 4 is 18.0 Å². The minimum absolute atomic E-state index is 0.0648. The van der Waals surface area contributed by atoms with Crippen LogP contribution in [0, 0.1) is 6.92 Å². The summed E-state index contributed by atoms with van der Waals surface area (Å²) < 4.78 is 0. The van der Waals surface area contributed by atoms with Gasteiger partial charge in [-0.2, -0.15) is 0 Å². The van der Waals surface area contributed by atoms with Gasteiger partial charge in [-0.1, -0.05) is 12.1 Å². The van der Waals surface area contributed by atoms with Gasteiger partial charge in [-0.15, -0.1) is 0 Å². The number of carboxylic acids is 1. The van der Waals surface area contributed by atoms with Gasteiger partial charge >= 0.3 is 5.97 Å². The van der Waals surface area contributed by atoms with E-state index in [2.05, 4.69) is 0 Å². The molecule has 0 aromatic heterocycles. The number of likely N-dealkylation sites (tertiary alicyclic amines) is 1. The maximum atomic E-state index is 12.5. The monoisotopic (exact) mass is 289 g/mol. The molecule has 0 saturated carbocycles. The van der Waals surface area contributed by atoms with Crippen molar-refractivity contribution in [2.45, 2.75) is 25.9 Å². The summed E-state index contributed by atoms with van der Waals surface area (Å²) in [6.45, 7) is 2.91. The number of aliphatic hydroxyl groups excluding tert-OH is 1. The number of rotatable bonds is 3. The summed E-state index contributed by atoms with van der Waals surface area (Å²) >= 11 is 0. The number of aliphatic carboxylic acids is 1. The molecule has 0 atom stereocenters. The first-order valence-corrected chi connectivity index (χ1v) is 6.97. The summed E-state index contributed by atoms with van der Waals surface area (Å²) in [5.41, 5.74) is 2.07. The minimum Gasteiger partial charge on any atom is -0.478 e. The number of aliphatic hydroxyl groups is 1. The standard InChI is InChI=1S/C16H19NO4/c1-11-12(5-6-15(19)20)3-2-4-14(11)16(21)17-9-7-13(18)8-10-17/h2-6,13,18H,7-10H2,1H3,(H,19,20). The van der Waals surface area contributed by atoms with Crippen LogP contribution in [0.3, 0.4) is 0 Å². The summed E-state index contributed by atoms with van der Waals surface area (Å²) in [6, 6.07) is 5.28. The molecule has 1 saturated heterocycles. The van der Waals surface area contributed by atoms with Gasteiger partial charge in [-0.3, -0.25) is 4.79 Å². The van der Waals surface area contributed by atoms with E-state index in [0.29, 0.717) is 31.5 Å². The molecule has 112 valence electrons. The average molecular weight is 289 g/mol. The number of carboxylic acid groups (broad SMARTS) is 1. The lowest BCUT2D eigenvalue weighted by molar-refractivity contribution is -0.131. The van der Waals surface area contributed by atoms with E-state index in [4.69, 9.17) is 5.11 Å². The second-order valence-electron chi connectivity index (χ2n) is 5.21. The first-order chi connectivity index (χ1) is 9.99. The van der Waals surface area contributed by atoms with Gasteiger partial charge in [0, 0.05) is 24.7 Å². The Kier molecular flexibility index (Phi) is 4.75. The van der Waals surface area contributed by atoms with Crippen molar-refractivity contribution in [3.63, 3.8) is 0 Å². The van der Waals surface area contributed by atoms with Gasteiger partial charge < -0.3 is 15.1 Å². The maximum Gasteiger partial charge on any atom is 0.328 e. The highest BCUT2D eigenvalue weighted by Gasteiger charge is 2.23. The van der Waals surface area contributed by atoms with Crippen molar-refractivity contribution in [2.24, 2.45) is 0 Å². The lowest BCUT2D eigenvalue weighted by Crippen LogP contribution is -2.40. The number of hydrogen-bond acceptors (Lipinski definition) is 3. The zero-order valence-electron chi connectivity index (χ0n) is 12.0. The molecule has 1 aliphatic rings. The number of piperidine rings is 1. The lowest BCUT2D eigenvalue weighted by Gasteiger charge is -2.30. The van der Waals surface area contributed by atoms with E-state index in [1.807, 2.05) is 6.92 Å². The number of carbonyl (C=O) groups is 2. The van der Waals surface area contributed by atoms with Gasteiger partial charge in [0.15, 0.2) is 0 Å². The zero-order valence-corrected chi connectivity index (χ0v) is 12.0. The van der Waals surface area contributed by atoms with Crippen LogP contribution in [0.2, 0.25) is 0 Å². The second-order valence-corrected chi connectivity index (χ2v) is 5.21. The SMILES string of the molecule is Cc1c(C=CC(=O)O)cccc1C(=O)N1CCC(O)CC1. The third kappa shape index (κ3) is 3.70. The van der Waals surface area contributed by atoms with E-state index >= 15 is 0 Å². The Morgan fingerprint density at radius 3 is 2.57 bits per heavy atom. The Balaban J connectivity index is 2.21. The fraction of sp³-hybridized carbons (Fsp3) is 0.375. The first-order valence-electron chi connectivity index (χ1n) is 6.97. The fourth-order valence-electron chi connectivity index (χ4n) is 2.47. The summed E-state index contributed by atoms with van der Waals surface area (Å²) in [4.78, 5) is 24.9. The average Bonchev–Trinajstić information content (AvgIpc) is 2.46. The first kappa shape index (κ1) is 15.3. The van der Waals surface area contributed by atoms with E-state index < -0.39 is 5.97 Å². The summed E-state index contributed by atoms with van der Waals surface area (Å²) in [5, 5.41) is 18.2. The Bertz CT molecular complexity index is 572. The quantitative estimate of drug-likeness (QED) is 0.830. The van der Waals surface area contributed by atoms with E-state index in [9.17, 15) is 14.7 Å². The number of nitrogens with zero attached hydrogens (tertiary/aromatic N) is 1. The molecule has 1 amide bonds. The molecule has 0 aliphatic carbocycles. The number of carbonyl (C=O) groups excluding carboxylic acids is 1. The molecule has 0 bridgehead atoms. The zero-order chi connectivity index (χ0) is 15.4. The molecule has 1 aliphatic heterocycles. The van der Waals surface area contributed by atoms with Crippen LogP contribution < -0.4 is 0 Å². The molecule has 0 unspecified atom stereocenters.